The average molecular weight is 247 g/mol. The molecule has 96 valence electrons. The number of hydrazine groups is 1. The van der Waals surface area contributed by atoms with Crippen LogP contribution in [0.2, 0.25) is 0 Å². The van der Waals surface area contributed by atoms with Crippen LogP contribution in [0, 0.1) is 0 Å². The van der Waals surface area contributed by atoms with Crippen LogP contribution in [0.15, 0.2) is 30.6 Å². The van der Waals surface area contributed by atoms with Gasteiger partial charge in [-0.3, -0.25) is 16.0 Å². The first kappa shape index (κ1) is 12.5. The molecule has 6 nitrogen and oxygen atoms in total. The summed E-state index contributed by atoms with van der Waals surface area (Å²) >= 11 is 0. The van der Waals surface area contributed by atoms with Crippen molar-refractivity contribution in [3.05, 3.63) is 41.9 Å². The Labute approximate surface area is 106 Å². The lowest BCUT2D eigenvalue weighted by atomic mass is 10.0. The molecule has 0 aliphatic rings. The van der Waals surface area contributed by atoms with Crippen LogP contribution < -0.4 is 16.0 Å². The highest BCUT2D eigenvalue weighted by Gasteiger charge is 2.17. The lowest BCUT2D eigenvalue weighted by molar-refractivity contribution is 0.382. The van der Waals surface area contributed by atoms with E-state index in [1.54, 1.807) is 18.0 Å². The molecule has 6 heteroatoms. The van der Waals surface area contributed by atoms with Crippen LogP contribution in [-0.2, 0) is 13.5 Å². The zero-order valence-electron chi connectivity index (χ0n) is 10.5. The van der Waals surface area contributed by atoms with E-state index < -0.39 is 0 Å². The maximum Gasteiger partial charge on any atom is 0.217 e. The maximum atomic E-state index is 5.62. The number of nitrogens with zero attached hydrogens (tertiary/aromatic N) is 3. The molecule has 1 unspecified atom stereocenters. The topological polar surface area (TPSA) is 78.0 Å². The minimum Gasteiger partial charge on any atom is -0.481 e. The number of aromatic nitrogens is 3. The minimum atomic E-state index is -0.0800. The Morgan fingerprint density at radius 2 is 2.33 bits per heavy atom. The van der Waals surface area contributed by atoms with Crippen molar-refractivity contribution in [1.82, 2.24) is 20.2 Å². The largest absolute Gasteiger partial charge is 0.481 e. The van der Waals surface area contributed by atoms with Gasteiger partial charge in [0.05, 0.1) is 18.8 Å². The van der Waals surface area contributed by atoms with Gasteiger partial charge in [-0.1, -0.05) is 6.07 Å². The Kier molecular flexibility index (Phi) is 3.91. The van der Waals surface area contributed by atoms with E-state index in [0.29, 0.717) is 12.3 Å². The van der Waals surface area contributed by atoms with Crippen LogP contribution in [0.4, 0.5) is 0 Å². The van der Waals surface area contributed by atoms with Gasteiger partial charge in [0.25, 0.3) is 0 Å². The first-order valence-electron chi connectivity index (χ1n) is 5.68. The smallest absolute Gasteiger partial charge is 0.217 e. The molecule has 3 N–H and O–H groups in total. The molecule has 2 aromatic heterocycles. The molecule has 0 spiro atoms. The van der Waals surface area contributed by atoms with Gasteiger partial charge in [0.15, 0.2) is 0 Å². The number of ether oxygens (including phenoxy) is 1. The van der Waals surface area contributed by atoms with Crippen molar-refractivity contribution < 1.29 is 4.74 Å². The summed E-state index contributed by atoms with van der Waals surface area (Å²) in [5.41, 5.74) is 4.67. The van der Waals surface area contributed by atoms with Crippen molar-refractivity contribution in [3.63, 3.8) is 0 Å². The quantitative estimate of drug-likeness (QED) is 0.596. The van der Waals surface area contributed by atoms with E-state index in [-0.39, 0.29) is 6.04 Å². The normalized spacial score (nSPS) is 12.4. The lowest BCUT2D eigenvalue weighted by Gasteiger charge is -2.17. The monoisotopic (exact) mass is 247 g/mol. The molecular weight excluding hydrogens is 230 g/mol. The fraction of sp³-hybridized carbons (Fsp3) is 0.333. The number of rotatable bonds is 5. The van der Waals surface area contributed by atoms with Crippen molar-refractivity contribution in [2.75, 3.05) is 7.11 Å². The summed E-state index contributed by atoms with van der Waals surface area (Å²) in [5.74, 6) is 6.20. The van der Waals surface area contributed by atoms with Crippen LogP contribution in [0.1, 0.15) is 17.3 Å². The lowest BCUT2D eigenvalue weighted by Crippen LogP contribution is -2.30. The molecule has 2 heterocycles. The van der Waals surface area contributed by atoms with E-state index >= 15 is 0 Å². The molecule has 0 aliphatic carbocycles. The van der Waals surface area contributed by atoms with Crippen LogP contribution in [0.5, 0.6) is 5.88 Å². The van der Waals surface area contributed by atoms with Crippen LogP contribution >= 0.6 is 0 Å². The third kappa shape index (κ3) is 2.66. The van der Waals surface area contributed by atoms with Gasteiger partial charge in [-0.15, -0.1) is 0 Å². The molecule has 2 rings (SSSR count). The zero-order valence-corrected chi connectivity index (χ0v) is 10.5. The molecule has 2 aromatic rings. The summed E-state index contributed by atoms with van der Waals surface area (Å²) in [7, 11) is 3.49. The van der Waals surface area contributed by atoms with Crippen molar-refractivity contribution in [1.29, 1.82) is 0 Å². The van der Waals surface area contributed by atoms with E-state index in [1.165, 1.54) is 0 Å². The Morgan fingerprint density at radius 3 is 2.94 bits per heavy atom. The van der Waals surface area contributed by atoms with E-state index in [9.17, 15) is 0 Å². The summed E-state index contributed by atoms with van der Waals surface area (Å²) in [6.45, 7) is 0. The predicted octanol–water partition coefficient (Wildman–Crippen LogP) is 0.571. The molecule has 0 radical (unpaired) electrons. The third-order valence-electron chi connectivity index (χ3n) is 2.75. The number of aryl methyl sites for hydroxylation is 1. The molecule has 0 saturated heterocycles. The summed E-state index contributed by atoms with van der Waals surface area (Å²) in [4.78, 5) is 4.17. The van der Waals surface area contributed by atoms with Crippen LogP contribution in [-0.4, -0.2) is 21.9 Å². The van der Waals surface area contributed by atoms with Gasteiger partial charge < -0.3 is 4.74 Å². The number of methoxy groups -OCH3 is 1. The Balaban J connectivity index is 2.22. The number of nitrogens with two attached hydrogens (primary N) is 1. The SMILES string of the molecule is COc1ncccc1C(Cc1ccn(C)n1)NN. The van der Waals surface area contributed by atoms with E-state index in [2.05, 4.69) is 15.5 Å². The van der Waals surface area contributed by atoms with Gasteiger partial charge in [-0.2, -0.15) is 5.10 Å². The molecule has 0 aromatic carbocycles. The number of hydrogen-bond donors (Lipinski definition) is 2. The summed E-state index contributed by atoms with van der Waals surface area (Å²) in [5, 5.41) is 4.34. The molecule has 18 heavy (non-hydrogen) atoms. The number of pyridine rings is 1. The van der Waals surface area contributed by atoms with Crippen molar-refractivity contribution in [2.24, 2.45) is 12.9 Å². The van der Waals surface area contributed by atoms with Gasteiger partial charge in [-0.25, -0.2) is 4.98 Å². The standard InChI is InChI=1S/C12H17N5O/c1-17-7-5-9(16-17)8-11(15-13)10-4-3-6-14-12(10)18-2/h3-7,11,15H,8,13H2,1-2H3. The zero-order chi connectivity index (χ0) is 13.0. The minimum absolute atomic E-state index is 0.0800. The summed E-state index contributed by atoms with van der Waals surface area (Å²) < 4.78 is 7.01. The Bertz CT molecular complexity index is 511. The van der Waals surface area contributed by atoms with Crippen LogP contribution in [0.25, 0.3) is 0 Å². The van der Waals surface area contributed by atoms with E-state index in [0.717, 1.165) is 11.3 Å². The fourth-order valence-electron chi connectivity index (χ4n) is 1.88. The molecule has 0 aliphatic heterocycles. The van der Waals surface area contributed by atoms with Crippen molar-refractivity contribution >= 4 is 0 Å². The van der Waals surface area contributed by atoms with Crippen LogP contribution in [0.3, 0.4) is 0 Å². The molecular formula is C12H17N5O. The molecule has 0 bridgehead atoms. The second-order valence-electron chi connectivity index (χ2n) is 4.01. The summed E-state index contributed by atoms with van der Waals surface area (Å²) in [6, 6.07) is 5.69. The van der Waals surface area contributed by atoms with Gasteiger partial charge >= 0.3 is 0 Å². The highest BCUT2D eigenvalue weighted by atomic mass is 16.5. The first-order valence-corrected chi connectivity index (χ1v) is 5.68. The molecule has 0 fully saturated rings. The van der Waals surface area contributed by atoms with Gasteiger partial charge in [0.2, 0.25) is 5.88 Å². The average Bonchev–Trinajstić information content (AvgIpc) is 2.81. The highest BCUT2D eigenvalue weighted by Crippen LogP contribution is 2.24. The van der Waals surface area contributed by atoms with Gasteiger partial charge in [-0.05, 0) is 12.1 Å². The van der Waals surface area contributed by atoms with Crippen molar-refractivity contribution in [3.8, 4) is 5.88 Å². The highest BCUT2D eigenvalue weighted by molar-refractivity contribution is 5.29. The predicted molar refractivity (Wildman–Crippen MR) is 67.8 cm³/mol. The summed E-state index contributed by atoms with van der Waals surface area (Å²) in [6.07, 6.45) is 4.28. The van der Waals surface area contributed by atoms with E-state index in [4.69, 9.17) is 10.6 Å². The van der Waals surface area contributed by atoms with Gasteiger partial charge in [0, 0.05) is 31.4 Å². The Hall–Kier alpha value is -1.92. The van der Waals surface area contributed by atoms with E-state index in [1.807, 2.05) is 31.4 Å². The first-order chi connectivity index (χ1) is 8.74. The number of hydrogen-bond acceptors (Lipinski definition) is 5. The van der Waals surface area contributed by atoms with Gasteiger partial charge in [0.1, 0.15) is 0 Å². The molecule has 0 saturated carbocycles. The van der Waals surface area contributed by atoms with Crippen molar-refractivity contribution in [2.45, 2.75) is 12.5 Å². The molecule has 0 amide bonds. The second-order valence-corrected chi connectivity index (χ2v) is 4.01. The fourth-order valence-corrected chi connectivity index (χ4v) is 1.88. The Morgan fingerprint density at radius 1 is 1.50 bits per heavy atom. The second kappa shape index (κ2) is 5.61. The maximum absolute atomic E-state index is 5.62. The number of nitrogens with one attached hydrogen (secondary N) is 1. The molecule has 1 atom stereocenters. The third-order valence-corrected chi connectivity index (χ3v) is 2.75.